The predicted octanol–water partition coefficient (Wildman–Crippen LogP) is 2.88. The van der Waals surface area contributed by atoms with E-state index in [0.29, 0.717) is 5.69 Å². The zero-order chi connectivity index (χ0) is 14.5. The molecule has 1 aromatic carbocycles. The van der Waals surface area contributed by atoms with Gasteiger partial charge in [-0.1, -0.05) is 6.07 Å². The highest BCUT2D eigenvalue weighted by atomic mass is 32.1. The first-order chi connectivity index (χ1) is 9.54. The third-order valence-electron chi connectivity index (χ3n) is 2.69. The van der Waals surface area contributed by atoms with E-state index in [0.717, 1.165) is 9.88 Å². The van der Waals surface area contributed by atoms with E-state index in [9.17, 15) is 9.18 Å². The Bertz CT molecular complexity index is 600. The molecular formula is C14H16FN3OS. The molecule has 1 atom stereocenters. The van der Waals surface area contributed by atoms with Crippen LogP contribution < -0.4 is 10.6 Å². The maximum atomic E-state index is 13.0. The van der Waals surface area contributed by atoms with E-state index in [-0.39, 0.29) is 24.3 Å². The quantitative estimate of drug-likeness (QED) is 0.891. The number of anilines is 1. The fraction of sp³-hybridized carbons (Fsp3) is 0.286. The number of thiazole rings is 1. The molecule has 1 heterocycles. The van der Waals surface area contributed by atoms with Crippen LogP contribution in [0.25, 0.3) is 0 Å². The number of carbonyl (C=O) groups is 1. The van der Waals surface area contributed by atoms with Gasteiger partial charge in [-0.3, -0.25) is 10.1 Å². The van der Waals surface area contributed by atoms with Crippen LogP contribution in [0.3, 0.4) is 0 Å². The monoisotopic (exact) mass is 293 g/mol. The zero-order valence-electron chi connectivity index (χ0n) is 11.3. The number of aromatic nitrogens is 1. The van der Waals surface area contributed by atoms with Gasteiger partial charge >= 0.3 is 0 Å². The molecule has 6 heteroatoms. The van der Waals surface area contributed by atoms with E-state index in [1.807, 2.05) is 20.0 Å². The van der Waals surface area contributed by atoms with Crippen molar-refractivity contribution in [1.29, 1.82) is 0 Å². The smallest absolute Gasteiger partial charge is 0.238 e. The average molecular weight is 293 g/mol. The van der Waals surface area contributed by atoms with Gasteiger partial charge in [-0.25, -0.2) is 9.37 Å². The second-order valence-corrected chi connectivity index (χ2v) is 5.74. The van der Waals surface area contributed by atoms with Crippen LogP contribution in [-0.4, -0.2) is 17.4 Å². The van der Waals surface area contributed by atoms with Gasteiger partial charge in [0.1, 0.15) is 10.8 Å². The van der Waals surface area contributed by atoms with Crippen LogP contribution in [0.4, 0.5) is 10.1 Å². The first kappa shape index (κ1) is 14.6. The molecule has 0 spiro atoms. The molecule has 1 amide bonds. The van der Waals surface area contributed by atoms with E-state index in [4.69, 9.17) is 0 Å². The van der Waals surface area contributed by atoms with Gasteiger partial charge in [0, 0.05) is 16.8 Å². The Morgan fingerprint density at radius 3 is 2.95 bits per heavy atom. The summed E-state index contributed by atoms with van der Waals surface area (Å²) in [4.78, 5) is 17.2. The van der Waals surface area contributed by atoms with Crippen molar-refractivity contribution in [3.63, 3.8) is 0 Å². The Balaban J connectivity index is 1.83. The highest BCUT2D eigenvalue weighted by Gasteiger charge is 2.11. The molecule has 1 aromatic heterocycles. The van der Waals surface area contributed by atoms with E-state index in [1.165, 1.54) is 12.1 Å². The number of amides is 1. The molecule has 1 unspecified atom stereocenters. The predicted molar refractivity (Wildman–Crippen MR) is 78.3 cm³/mol. The molecule has 106 valence electrons. The van der Waals surface area contributed by atoms with Crippen molar-refractivity contribution < 1.29 is 9.18 Å². The second-order valence-electron chi connectivity index (χ2n) is 4.47. The highest BCUT2D eigenvalue weighted by Crippen LogP contribution is 2.18. The third-order valence-corrected chi connectivity index (χ3v) is 3.78. The molecule has 4 nitrogen and oxygen atoms in total. The third kappa shape index (κ3) is 4.11. The molecular weight excluding hydrogens is 277 g/mol. The molecule has 0 saturated carbocycles. The fourth-order valence-electron chi connectivity index (χ4n) is 1.68. The minimum atomic E-state index is -0.373. The summed E-state index contributed by atoms with van der Waals surface area (Å²) >= 11 is 1.60. The van der Waals surface area contributed by atoms with Crippen molar-refractivity contribution in [1.82, 2.24) is 10.3 Å². The SMILES string of the molecule is Cc1cnc(C(C)NCC(=O)Nc2cccc(F)c2)s1. The molecule has 20 heavy (non-hydrogen) atoms. The molecule has 2 aromatic rings. The van der Waals surface area contributed by atoms with Gasteiger partial charge < -0.3 is 5.32 Å². The Labute approximate surface area is 121 Å². The summed E-state index contributed by atoms with van der Waals surface area (Å²) in [5.74, 6) is -0.585. The number of rotatable bonds is 5. The normalized spacial score (nSPS) is 12.2. The molecule has 0 fully saturated rings. The number of hydrogen-bond acceptors (Lipinski definition) is 4. The Hall–Kier alpha value is -1.79. The lowest BCUT2D eigenvalue weighted by molar-refractivity contribution is -0.115. The number of nitrogens with one attached hydrogen (secondary N) is 2. The molecule has 0 radical (unpaired) electrons. The lowest BCUT2D eigenvalue weighted by atomic mass is 10.3. The van der Waals surface area contributed by atoms with Crippen LogP contribution >= 0.6 is 11.3 Å². The van der Waals surface area contributed by atoms with E-state index in [1.54, 1.807) is 23.5 Å². The van der Waals surface area contributed by atoms with Crippen LogP contribution in [0, 0.1) is 12.7 Å². The van der Waals surface area contributed by atoms with Gasteiger partial charge in [0.15, 0.2) is 0 Å². The summed E-state index contributed by atoms with van der Waals surface area (Å²) < 4.78 is 13.0. The van der Waals surface area contributed by atoms with Crippen molar-refractivity contribution in [3.8, 4) is 0 Å². The molecule has 0 bridgehead atoms. The van der Waals surface area contributed by atoms with Gasteiger partial charge in [-0.05, 0) is 32.0 Å². The Kier molecular flexibility index (Phi) is 4.81. The van der Waals surface area contributed by atoms with Crippen molar-refractivity contribution in [3.05, 3.63) is 46.2 Å². The lowest BCUT2D eigenvalue weighted by Gasteiger charge is -2.11. The van der Waals surface area contributed by atoms with Crippen molar-refractivity contribution in [2.75, 3.05) is 11.9 Å². The van der Waals surface area contributed by atoms with Crippen molar-refractivity contribution >= 4 is 22.9 Å². The van der Waals surface area contributed by atoms with Crippen LogP contribution in [0.15, 0.2) is 30.5 Å². The molecule has 0 aliphatic rings. The standard InChI is InChI=1S/C14H16FN3OS/c1-9-7-17-14(20-9)10(2)16-8-13(19)18-12-5-3-4-11(15)6-12/h3-7,10,16H,8H2,1-2H3,(H,18,19). The summed E-state index contributed by atoms with van der Waals surface area (Å²) in [5.41, 5.74) is 0.453. The van der Waals surface area contributed by atoms with E-state index < -0.39 is 0 Å². The molecule has 0 saturated heterocycles. The van der Waals surface area contributed by atoms with Crippen LogP contribution in [0.1, 0.15) is 22.9 Å². The Morgan fingerprint density at radius 2 is 2.30 bits per heavy atom. The zero-order valence-corrected chi connectivity index (χ0v) is 12.1. The first-order valence-corrected chi connectivity index (χ1v) is 7.07. The highest BCUT2D eigenvalue weighted by molar-refractivity contribution is 7.11. The molecule has 2 N–H and O–H groups in total. The number of benzene rings is 1. The second kappa shape index (κ2) is 6.58. The van der Waals surface area contributed by atoms with Crippen molar-refractivity contribution in [2.24, 2.45) is 0 Å². The summed E-state index contributed by atoms with van der Waals surface area (Å²) in [7, 11) is 0. The number of nitrogens with zero attached hydrogens (tertiary/aromatic N) is 1. The minimum absolute atomic E-state index is 0.00644. The van der Waals surface area contributed by atoms with Gasteiger partial charge in [0.25, 0.3) is 0 Å². The molecule has 0 aliphatic carbocycles. The summed E-state index contributed by atoms with van der Waals surface area (Å²) in [6.07, 6.45) is 1.81. The fourth-order valence-corrected chi connectivity index (χ4v) is 2.48. The summed E-state index contributed by atoms with van der Waals surface area (Å²) in [6.45, 7) is 4.09. The topological polar surface area (TPSA) is 54.0 Å². The van der Waals surface area contributed by atoms with Crippen molar-refractivity contribution in [2.45, 2.75) is 19.9 Å². The number of halogens is 1. The summed E-state index contributed by atoms with van der Waals surface area (Å²) in [5, 5.41) is 6.67. The summed E-state index contributed by atoms with van der Waals surface area (Å²) in [6, 6.07) is 5.83. The van der Waals surface area contributed by atoms with Gasteiger partial charge in [-0.15, -0.1) is 11.3 Å². The number of hydrogen-bond donors (Lipinski definition) is 2. The number of carbonyl (C=O) groups excluding carboxylic acids is 1. The van der Waals surface area contributed by atoms with Crippen LogP contribution in [0.2, 0.25) is 0 Å². The van der Waals surface area contributed by atoms with Gasteiger partial charge in [-0.2, -0.15) is 0 Å². The Morgan fingerprint density at radius 1 is 1.50 bits per heavy atom. The van der Waals surface area contributed by atoms with Crippen LogP contribution in [-0.2, 0) is 4.79 Å². The number of aryl methyl sites for hydroxylation is 1. The van der Waals surface area contributed by atoms with E-state index in [2.05, 4.69) is 15.6 Å². The van der Waals surface area contributed by atoms with Gasteiger partial charge in [0.05, 0.1) is 12.6 Å². The molecule has 0 aliphatic heterocycles. The maximum Gasteiger partial charge on any atom is 0.238 e. The maximum absolute atomic E-state index is 13.0. The van der Waals surface area contributed by atoms with Gasteiger partial charge in [0.2, 0.25) is 5.91 Å². The van der Waals surface area contributed by atoms with E-state index >= 15 is 0 Å². The van der Waals surface area contributed by atoms with Crippen LogP contribution in [0.5, 0.6) is 0 Å². The average Bonchev–Trinajstić information content (AvgIpc) is 2.83. The lowest BCUT2D eigenvalue weighted by Crippen LogP contribution is -2.30. The molecule has 2 rings (SSSR count). The largest absolute Gasteiger partial charge is 0.325 e. The first-order valence-electron chi connectivity index (χ1n) is 6.26. The minimum Gasteiger partial charge on any atom is -0.325 e.